The highest BCUT2D eigenvalue weighted by atomic mass is 35.5. The maximum Gasteiger partial charge on any atom is 0.255 e. The quantitative estimate of drug-likeness (QED) is 0.462. The molecule has 34 heavy (non-hydrogen) atoms. The van der Waals surface area contributed by atoms with Crippen LogP contribution in [0.2, 0.25) is 5.02 Å². The van der Waals surface area contributed by atoms with Gasteiger partial charge in [-0.05, 0) is 49.2 Å². The standard InChI is InChI=1S/C23H23ClN4O6/c1-31-17-9-14(10-18(32-2)21(17)33-12-19(25)29)23(30)28(16-7-8-16)11-20-26-27-22(34-20)13-3-5-15(24)6-4-13/h3-6,9-10,16H,7-8,11-12H2,1-2H3,(H2,25,29). The first-order valence-electron chi connectivity index (χ1n) is 10.5. The van der Waals surface area contributed by atoms with E-state index in [1.54, 1.807) is 29.2 Å². The molecule has 1 saturated carbocycles. The van der Waals surface area contributed by atoms with Gasteiger partial charge in [0.15, 0.2) is 18.1 Å². The number of halogens is 1. The smallest absolute Gasteiger partial charge is 0.255 e. The lowest BCUT2D eigenvalue weighted by atomic mass is 10.1. The minimum atomic E-state index is -0.651. The number of ether oxygens (including phenoxy) is 3. The Hall–Kier alpha value is -3.79. The lowest BCUT2D eigenvalue weighted by Crippen LogP contribution is -2.32. The van der Waals surface area contributed by atoms with Crippen molar-refractivity contribution in [1.82, 2.24) is 15.1 Å². The van der Waals surface area contributed by atoms with E-state index in [2.05, 4.69) is 10.2 Å². The third-order valence-electron chi connectivity index (χ3n) is 5.18. The van der Waals surface area contributed by atoms with Crippen molar-refractivity contribution >= 4 is 23.4 Å². The predicted molar refractivity (Wildman–Crippen MR) is 122 cm³/mol. The topological polar surface area (TPSA) is 130 Å². The predicted octanol–water partition coefficient (Wildman–Crippen LogP) is 3.08. The molecule has 11 heteroatoms. The molecule has 0 bridgehead atoms. The monoisotopic (exact) mass is 486 g/mol. The molecule has 0 aliphatic heterocycles. The third kappa shape index (κ3) is 5.23. The van der Waals surface area contributed by atoms with Crippen molar-refractivity contribution < 1.29 is 28.2 Å². The zero-order valence-electron chi connectivity index (χ0n) is 18.6. The van der Waals surface area contributed by atoms with Crippen LogP contribution >= 0.6 is 11.6 Å². The molecule has 0 unspecified atom stereocenters. The second-order valence-corrected chi connectivity index (χ2v) is 8.07. The molecule has 2 aromatic carbocycles. The summed E-state index contributed by atoms with van der Waals surface area (Å²) in [5.41, 5.74) is 6.22. The number of hydrogen-bond acceptors (Lipinski definition) is 8. The van der Waals surface area contributed by atoms with Gasteiger partial charge in [0.25, 0.3) is 11.8 Å². The molecule has 0 atom stereocenters. The van der Waals surface area contributed by atoms with Crippen LogP contribution in [0, 0.1) is 0 Å². The zero-order chi connectivity index (χ0) is 24.2. The van der Waals surface area contributed by atoms with E-state index in [0.717, 1.165) is 18.4 Å². The molecule has 1 aliphatic rings. The number of primary amides is 1. The molecule has 1 aromatic heterocycles. The zero-order valence-corrected chi connectivity index (χ0v) is 19.4. The summed E-state index contributed by atoms with van der Waals surface area (Å²) in [4.78, 5) is 26.3. The van der Waals surface area contributed by atoms with Gasteiger partial charge in [-0.25, -0.2) is 0 Å². The Morgan fingerprint density at radius 1 is 1.12 bits per heavy atom. The number of nitrogens with two attached hydrogens (primary N) is 1. The summed E-state index contributed by atoms with van der Waals surface area (Å²) in [6.45, 7) is -0.212. The maximum atomic E-state index is 13.5. The Labute approximate surface area is 200 Å². The van der Waals surface area contributed by atoms with Crippen molar-refractivity contribution in [3.05, 3.63) is 52.9 Å². The number of amides is 2. The normalized spacial score (nSPS) is 12.8. The Morgan fingerprint density at radius 3 is 2.32 bits per heavy atom. The number of carbonyl (C=O) groups is 2. The minimum absolute atomic E-state index is 0.0566. The molecule has 1 fully saturated rings. The molecule has 178 valence electrons. The van der Waals surface area contributed by atoms with Crippen LogP contribution in [0.1, 0.15) is 29.1 Å². The van der Waals surface area contributed by atoms with E-state index in [-0.39, 0.29) is 42.3 Å². The second kappa shape index (κ2) is 10.0. The van der Waals surface area contributed by atoms with Gasteiger partial charge in [0, 0.05) is 22.2 Å². The number of carbonyl (C=O) groups excluding carboxylic acids is 2. The number of rotatable bonds is 10. The first-order chi connectivity index (χ1) is 16.4. The molecule has 1 aliphatic carbocycles. The van der Waals surface area contributed by atoms with Crippen LogP contribution in [-0.2, 0) is 11.3 Å². The Kier molecular flexibility index (Phi) is 6.87. The van der Waals surface area contributed by atoms with Crippen molar-refractivity contribution in [2.75, 3.05) is 20.8 Å². The summed E-state index contributed by atoms with van der Waals surface area (Å²) in [5.74, 6) is 0.404. The van der Waals surface area contributed by atoms with Gasteiger partial charge in [0.2, 0.25) is 17.5 Å². The van der Waals surface area contributed by atoms with Crippen LogP contribution in [0.3, 0.4) is 0 Å². The van der Waals surface area contributed by atoms with E-state index in [9.17, 15) is 9.59 Å². The average Bonchev–Trinajstić information content (AvgIpc) is 3.58. The molecule has 0 radical (unpaired) electrons. The van der Waals surface area contributed by atoms with Gasteiger partial charge in [-0.15, -0.1) is 10.2 Å². The van der Waals surface area contributed by atoms with Crippen LogP contribution in [0.15, 0.2) is 40.8 Å². The van der Waals surface area contributed by atoms with Gasteiger partial charge >= 0.3 is 0 Å². The lowest BCUT2D eigenvalue weighted by molar-refractivity contribution is -0.120. The van der Waals surface area contributed by atoms with E-state index in [1.807, 2.05) is 0 Å². The number of benzene rings is 2. The molecule has 2 amide bonds. The molecule has 4 rings (SSSR count). The van der Waals surface area contributed by atoms with Gasteiger partial charge in [-0.3, -0.25) is 9.59 Å². The SMILES string of the molecule is COc1cc(C(=O)N(Cc2nnc(-c3ccc(Cl)cc3)o2)C2CC2)cc(OC)c1OCC(N)=O. The van der Waals surface area contributed by atoms with Gasteiger partial charge < -0.3 is 29.3 Å². The van der Waals surface area contributed by atoms with Crippen molar-refractivity contribution in [3.63, 3.8) is 0 Å². The van der Waals surface area contributed by atoms with Crippen LogP contribution in [0.5, 0.6) is 17.2 Å². The van der Waals surface area contributed by atoms with E-state index in [0.29, 0.717) is 22.4 Å². The Bertz CT molecular complexity index is 1170. The number of aromatic nitrogens is 2. The van der Waals surface area contributed by atoms with Crippen molar-refractivity contribution in [1.29, 1.82) is 0 Å². The van der Waals surface area contributed by atoms with Crippen molar-refractivity contribution in [2.24, 2.45) is 5.73 Å². The van der Waals surface area contributed by atoms with Crippen LogP contribution in [0.4, 0.5) is 0 Å². The fourth-order valence-electron chi connectivity index (χ4n) is 3.38. The van der Waals surface area contributed by atoms with E-state index < -0.39 is 5.91 Å². The molecule has 2 N–H and O–H groups in total. The molecular formula is C23H23ClN4O6. The molecule has 1 heterocycles. The Balaban J connectivity index is 1.58. The molecule has 0 spiro atoms. The van der Waals surface area contributed by atoms with Crippen LogP contribution in [-0.4, -0.2) is 53.8 Å². The highest BCUT2D eigenvalue weighted by Crippen LogP contribution is 2.40. The molecule has 3 aromatic rings. The van der Waals surface area contributed by atoms with Crippen molar-refractivity contribution in [3.8, 4) is 28.7 Å². The fraction of sp³-hybridized carbons (Fsp3) is 0.304. The average molecular weight is 487 g/mol. The summed E-state index contributed by atoms with van der Waals surface area (Å²) in [7, 11) is 2.85. The highest BCUT2D eigenvalue weighted by molar-refractivity contribution is 6.30. The first-order valence-corrected chi connectivity index (χ1v) is 10.8. The van der Waals surface area contributed by atoms with E-state index >= 15 is 0 Å². The van der Waals surface area contributed by atoms with Gasteiger partial charge in [-0.2, -0.15) is 0 Å². The van der Waals surface area contributed by atoms with Gasteiger partial charge in [-0.1, -0.05) is 11.6 Å². The second-order valence-electron chi connectivity index (χ2n) is 7.64. The van der Waals surface area contributed by atoms with Crippen LogP contribution in [0.25, 0.3) is 11.5 Å². The third-order valence-corrected chi connectivity index (χ3v) is 5.43. The summed E-state index contributed by atoms with van der Waals surface area (Å²) in [5, 5.41) is 8.80. The number of methoxy groups -OCH3 is 2. The molecular weight excluding hydrogens is 464 g/mol. The van der Waals surface area contributed by atoms with Gasteiger partial charge in [0.1, 0.15) is 0 Å². The highest BCUT2D eigenvalue weighted by Gasteiger charge is 2.35. The number of nitrogens with zero attached hydrogens (tertiary/aromatic N) is 3. The molecule has 0 saturated heterocycles. The number of hydrogen-bond donors (Lipinski definition) is 1. The first kappa shape index (κ1) is 23.4. The largest absolute Gasteiger partial charge is 0.493 e. The summed E-state index contributed by atoms with van der Waals surface area (Å²) >= 11 is 5.94. The summed E-state index contributed by atoms with van der Waals surface area (Å²) in [6.07, 6.45) is 1.75. The van der Waals surface area contributed by atoms with E-state index in [1.165, 1.54) is 26.4 Å². The molecule has 10 nitrogen and oxygen atoms in total. The fourth-order valence-corrected chi connectivity index (χ4v) is 3.51. The maximum absolute atomic E-state index is 13.5. The van der Waals surface area contributed by atoms with Crippen molar-refractivity contribution in [2.45, 2.75) is 25.4 Å². The minimum Gasteiger partial charge on any atom is -0.493 e. The van der Waals surface area contributed by atoms with Crippen LogP contribution < -0.4 is 19.9 Å². The summed E-state index contributed by atoms with van der Waals surface area (Å²) < 4.78 is 22.0. The lowest BCUT2D eigenvalue weighted by Gasteiger charge is -2.22. The van der Waals surface area contributed by atoms with Gasteiger partial charge in [0.05, 0.1) is 20.8 Å². The van der Waals surface area contributed by atoms with E-state index in [4.69, 9.17) is 36.0 Å². The summed E-state index contributed by atoms with van der Waals surface area (Å²) in [6, 6.07) is 10.2. The Morgan fingerprint density at radius 2 is 1.76 bits per heavy atom.